The quantitative estimate of drug-likeness (QED) is 0.742. The second-order valence-corrected chi connectivity index (χ2v) is 10.1. The van der Waals surface area contributed by atoms with Gasteiger partial charge in [0.2, 0.25) is 0 Å². The topological polar surface area (TPSA) is 85.7 Å². The Hall–Kier alpha value is -1.66. The Kier molecular flexibility index (Phi) is 4.22. The first-order valence-corrected chi connectivity index (χ1v) is 10.8. The van der Waals surface area contributed by atoms with E-state index in [1.807, 2.05) is 19.1 Å². The number of nitrogens with zero attached hydrogens (tertiary/aromatic N) is 2. The molecule has 1 aromatic heterocycles. The number of hydrogen-bond acceptors (Lipinski definition) is 5. The zero-order valence-corrected chi connectivity index (χ0v) is 16.6. The van der Waals surface area contributed by atoms with Crippen molar-refractivity contribution in [2.45, 2.75) is 69.1 Å². The molecule has 1 aliphatic heterocycles. The molecule has 1 amide bonds. The van der Waals surface area contributed by atoms with Gasteiger partial charge in [0, 0.05) is 19.1 Å². The molecule has 3 N–H and O–H groups in total. The van der Waals surface area contributed by atoms with Gasteiger partial charge in [-0.05, 0) is 81.8 Å². The molecule has 0 radical (unpaired) electrons. The van der Waals surface area contributed by atoms with E-state index in [1.54, 1.807) is 6.07 Å². The van der Waals surface area contributed by atoms with Crippen molar-refractivity contribution in [3.05, 3.63) is 23.9 Å². The van der Waals surface area contributed by atoms with E-state index in [2.05, 4.69) is 15.2 Å². The van der Waals surface area contributed by atoms with Crippen LogP contribution in [0, 0.1) is 17.8 Å². The molecule has 3 unspecified atom stereocenters. The number of anilines is 1. The van der Waals surface area contributed by atoms with Crippen molar-refractivity contribution in [1.82, 2.24) is 10.3 Å². The van der Waals surface area contributed by atoms with Gasteiger partial charge in [-0.25, -0.2) is 4.98 Å². The Bertz CT molecular complexity index is 764. The average Bonchev–Trinajstić information content (AvgIpc) is 2.62. The van der Waals surface area contributed by atoms with Crippen LogP contribution in [0.15, 0.2) is 18.2 Å². The van der Waals surface area contributed by atoms with Crippen LogP contribution in [-0.2, 0) is 0 Å². The lowest BCUT2D eigenvalue weighted by Gasteiger charge is -2.58. The van der Waals surface area contributed by atoms with Gasteiger partial charge in [0.25, 0.3) is 5.91 Å². The lowest BCUT2D eigenvalue weighted by molar-refractivity contribution is -0.136. The molecular weight excluding hydrogens is 354 g/mol. The van der Waals surface area contributed by atoms with Crippen molar-refractivity contribution in [2.24, 2.45) is 17.8 Å². The summed E-state index contributed by atoms with van der Waals surface area (Å²) in [4.78, 5) is 19.7. The third-order valence-corrected chi connectivity index (χ3v) is 7.50. The van der Waals surface area contributed by atoms with Crippen LogP contribution in [0.3, 0.4) is 0 Å². The minimum atomic E-state index is -0.709. The highest BCUT2D eigenvalue weighted by Gasteiger charge is 2.55. The molecule has 28 heavy (non-hydrogen) atoms. The largest absolute Gasteiger partial charge is 0.390 e. The maximum Gasteiger partial charge on any atom is 0.270 e. The first-order chi connectivity index (χ1) is 13.3. The van der Waals surface area contributed by atoms with E-state index in [9.17, 15) is 15.0 Å². The Morgan fingerprint density at radius 1 is 1.21 bits per heavy atom. The summed E-state index contributed by atoms with van der Waals surface area (Å²) >= 11 is 0. The molecule has 5 aliphatic rings. The van der Waals surface area contributed by atoms with Gasteiger partial charge in [-0.15, -0.1) is 0 Å². The van der Waals surface area contributed by atoms with Gasteiger partial charge in [0.1, 0.15) is 11.5 Å². The summed E-state index contributed by atoms with van der Waals surface area (Å²) in [5.41, 5.74) is -0.754. The van der Waals surface area contributed by atoms with Crippen LogP contribution in [-0.4, -0.2) is 51.4 Å². The molecule has 6 rings (SSSR count). The van der Waals surface area contributed by atoms with Crippen molar-refractivity contribution in [2.75, 3.05) is 18.0 Å². The third kappa shape index (κ3) is 3.30. The molecule has 4 aliphatic carbocycles. The number of pyridine rings is 1. The second kappa shape index (κ2) is 6.42. The van der Waals surface area contributed by atoms with Crippen LogP contribution in [0.1, 0.15) is 62.4 Å². The van der Waals surface area contributed by atoms with Gasteiger partial charge in [0.15, 0.2) is 0 Å². The Morgan fingerprint density at radius 3 is 2.64 bits per heavy atom. The van der Waals surface area contributed by atoms with E-state index in [0.717, 1.165) is 57.3 Å². The highest BCUT2D eigenvalue weighted by Crippen LogP contribution is 2.55. The molecule has 1 saturated heterocycles. The first-order valence-electron chi connectivity index (χ1n) is 10.8. The Morgan fingerprint density at radius 2 is 1.96 bits per heavy atom. The van der Waals surface area contributed by atoms with Crippen LogP contribution in [0.2, 0.25) is 0 Å². The molecule has 6 nitrogen and oxygen atoms in total. The fraction of sp³-hybridized carbons (Fsp3) is 0.727. The third-order valence-electron chi connectivity index (χ3n) is 7.50. The molecule has 2 heterocycles. The molecule has 4 saturated carbocycles. The van der Waals surface area contributed by atoms with Crippen LogP contribution in [0.4, 0.5) is 5.82 Å². The normalized spacial score (nSPS) is 41.9. The summed E-state index contributed by atoms with van der Waals surface area (Å²) in [6, 6.07) is 5.71. The van der Waals surface area contributed by atoms with Crippen LogP contribution in [0.25, 0.3) is 0 Å². The van der Waals surface area contributed by atoms with E-state index >= 15 is 0 Å². The number of β-amino-alcohol motifs (C(OH)–C–C–N with tert-alkyl or cyclic N) is 1. The predicted molar refractivity (Wildman–Crippen MR) is 106 cm³/mol. The smallest absolute Gasteiger partial charge is 0.270 e. The fourth-order valence-electron chi connectivity index (χ4n) is 6.58. The van der Waals surface area contributed by atoms with E-state index < -0.39 is 11.2 Å². The summed E-state index contributed by atoms with van der Waals surface area (Å²) in [5, 5.41) is 24.4. The standard InChI is InChI=1S/C22H31N3O3/c1-21(27)6-3-7-25(13-21)18-5-2-4-17(23-18)20(26)24-19-15-8-14-9-16(19)12-22(28,10-14)11-15/h2,4-5,14-16,19,27-28H,3,6-13H2,1H3,(H,24,26)/t14?,15?,16?,19-,21?,22-. The molecule has 152 valence electrons. The number of carbonyl (C=O) groups excluding carboxylic acids is 1. The maximum absolute atomic E-state index is 13.0. The van der Waals surface area contributed by atoms with E-state index in [4.69, 9.17) is 0 Å². The van der Waals surface area contributed by atoms with Crippen LogP contribution < -0.4 is 10.2 Å². The van der Waals surface area contributed by atoms with Gasteiger partial charge in [-0.1, -0.05) is 6.07 Å². The number of amides is 1. The second-order valence-electron chi connectivity index (χ2n) is 10.1. The molecule has 3 atom stereocenters. The summed E-state index contributed by atoms with van der Waals surface area (Å²) in [5.74, 6) is 2.05. The number of aromatic nitrogens is 1. The van der Waals surface area contributed by atoms with Gasteiger partial charge in [-0.3, -0.25) is 4.79 Å². The molecule has 5 fully saturated rings. The molecule has 0 aromatic carbocycles. The number of hydrogen-bond donors (Lipinski definition) is 3. The fourth-order valence-corrected chi connectivity index (χ4v) is 6.58. The van der Waals surface area contributed by atoms with Crippen LogP contribution >= 0.6 is 0 Å². The van der Waals surface area contributed by atoms with Gasteiger partial charge in [0.05, 0.1) is 11.2 Å². The average molecular weight is 386 g/mol. The molecule has 1 aromatic rings. The Balaban J connectivity index is 1.30. The predicted octanol–water partition coefficient (Wildman–Crippen LogP) is 2.10. The van der Waals surface area contributed by atoms with E-state index in [-0.39, 0.29) is 11.9 Å². The lowest BCUT2D eigenvalue weighted by atomic mass is 9.52. The zero-order valence-electron chi connectivity index (χ0n) is 16.6. The minimum absolute atomic E-state index is 0.116. The SMILES string of the molecule is CC1(O)CCCN(c2cccc(C(=O)N[C@H]3C4CC5CC3C[C@](O)(C5)C4)n2)C1. The highest BCUT2D eigenvalue weighted by atomic mass is 16.3. The van der Waals surface area contributed by atoms with Gasteiger partial charge < -0.3 is 20.4 Å². The minimum Gasteiger partial charge on any atom is -0.390 e. The summed E-state index contributed by atoms with van der Waals surface area (Å²) in [7, 11) is 0. The maximum atomic E-state index is 13.0. The number of rotatable bonds is 3. The highest BCUT2D eigenvalue weighted by molar-refractivity contribution is 5.93. The molecule has 4 bridgehead atoms. The van der Waals surface area contributed by atoms with E-state index in [0.29, 0.717) is 30.0 Å². The van der Waals surface area contributed by atoms with Crippen LogP contribution in [0.5, 0.6) is 0 Å². The van der Waals surface area contributed by atoms with Gasteiger partial charge in [-0.2, -0.15) is 0 Å². The van der Waals surface area contributed by atoms with Crippen molar-refractivity contribution in [3.8, 4) is 0 Å². The van der Waals surface area contributed by atoms with Crippen molar-refractivity contribution in [3.63, 3.8) is 0 Å². The summed E-state index contributed by atoms with van der Waals surface area (Å²) in [6.45, 7) is 3.24. The van der Waals surface area contributed by atoms with Gasteiger partial charge >= 0.3 is 0 Å². The van der Waals surface area contributed by atoms with E-state index in [1.165, 1.54) is 0 Å². The Labute approximate surface area is 166 Å². The lowest BCUT2D eigenvalue weighted by Crippen LogP contribution is -2.61. The number of piperidine rings is 1. The van der Waals surface area contributed by atoms with Crippen molar-refractivity contribution >= 4 is 11.7 Å². The van der Waals surface area contributed by atoms with Crippen molar-refractivity contribution < 1.29 is 15.0 Å². The molecule has 6 heteroatoms. The number of carbonyl (C=O) groups is 1. The zero-order chi connectivity index (χ0) is 19.5. The monoisotopic (exact) mass is 385 g/mol. The summed E-state index contributed by atoms with van der Waals surface area (Å²) < 4.78 is 0. The van der Waals surface area contributed by atoms with Crippen molar-refractivity contribution in [1.29, 1.82) is 0 Å². The number of nitrogens with one attached hydrogen (secondary N) is 1. The number of aliphatic hydroxyl groups is 2. The molecule has 0 spiro atoms. The molecular formula is C22H31N3O3. The first kappa shape index (κ1) is 18.4. The summed E-state index contributed by atoms with van der Waals surface area (Å²) in [6.07, 6.45) is 6.55.